The van der Waals surface area contributed by atoms with Crippen molar-refractivity contribution < 1.29 is 9.53 Å². The Bertz CT molecular complexity index is 894. The first-order valence-electron chi connectivity index (χ1n) is 9.16. The monoisotopic (exact) mass is 376 g/mol. The number of carbonyl (C=O) groups is 1. The van der Waals surface area contributed by atoms with Gasteiger partial charge in [0.1, 0.15) is 5.75 Å². The number of amides is 1. The van der Waals surface area contributed by atoms with Crippen LogP contribution in [0.2, 0.25) is 0 Å². The summed E-state index contributed by atoms with van der Waals surface area (Å²) < 4.78 is 5.12. The first kappa shape index (κ1) is 19.4. The number of nitrogens with zero attached hydrogens (tertiary/aromatic N) is 3. The molecule has 6 nitrogen and oxygen atoms in total. The Morgan fingerprint density at radius 2 is 1.71 bits per heavy atom. The van der Waals surface area contributed by atoms with Gasteiger partial charge < -0.3 is 15.0 Å². The minimum absolute atomic E-state index is 0.244. The van der Waals surface area contributed by atoms with Crippen LogP contribution >= 0.6 is 0 Å². The molecule has 0 atom stereocenters. The summed E-state index contributed by atoms with van der Waals surface area (Å²) in [5.41, 5.74) is 2.13. The molecule has 1 aromatic heterocycles. The number of hydrogen-bond acceptors (Lipinski definition) is 5. The van der Waals surface area contributed by atoms with Crippen molar-refractivity contribution in [1.82, 2.24) is 10.2 Å². The molecule has 0 radical (unpaired) electrons. The van der Waals surface area contributed by atoms with Gasteiger partial charge in [0.2, 0.25) is 0 Å². The van der Waals surface area contributed by atoms with Gasteiger partial charge in [-0.05, 0) is 55.8 Å². The normalized spacial score (nSPS) is 10.6. The molecule has 0 aliphatic rings. The Balaban J connectivity index is 1.70. The second-order valence-corrected chi connectivity index (χ2v) is 6.67. The lowest BCUT2D eigenvalue weighted by atomic mass is 10.2. The molecule has 1 N–H and O–H groups in total. The molecule has 0 aliphatic carbocycles. The molecule has 0 bridgehead atoms. The minimum Gasteiger partial charge on any atom is -0.497 e. The van der Waals surface area contributed by atoms with Crippen molar-refractivity contribution in [3.63, 3.8) is 0 Å². The lowest BCUT2D eigenvalue weighted by Crippen LogP contribution is -2.31. The molecule has 3 aromatic rings. The van der Waals surface area contributed by atoms with E-state index in [2.05, 4.69) is 46.4 Å². The average Bonchev–Trinajstić information content (AvgIpc) is 2.73. The fourth-order valence-electron chi connectivity index (χ4n) is 2.78. The molecule has 0 aliphatic heterocycles. The Kier molecular flexibility index (Phi) is 6.22. The Hall–Kier alpha value is -3.41. The maximum Gasteiger partial charge on any atom is 0.276 e. The van der Waals surface area contributed by atoms with Gasteiger partial charge in [-0.15, -0.1) is 10.2 Å². The quantitative estimate of drug-likeness (QED) is 0.671. The van der Waals surface area contributed by atoms with Crippen molar-refractivity contribution >= 4 is 17.4 Å². The zero-order valence-electron chi connectivity index (χ0n) is 16.3. The molecule has 28 heavy (non-hydrogen) atoms. The molecule has 0 fully saturated rings. The Labute approximate surface area is 165 Å². The molecule has 0 spiro atoms. The summed E-state index contributed by atoms with van der Waals surface area (Å²) in [6.07, 6.45) is 0. The number of nitrogens with one attached hydrogen (secondary N) is 1. The number of carbonyl (C=O) groups excluding carboxylic acids is 1. The van der Waals surface area contributed by atoms with Crippen LogP contribution in [0.15, 0.2) is 66.7 Å². The summed E-state index contributed by atoms with van der Waals surface area (Å²) in [5.74, 6) is 1.16. The van der Waals surface area contributed by atoms with E-state index in [0.717, 1.165) is 18.1 Å². The highest BCUT2D eigenvalue weighted by molar-refractivity contribution is 6.02. The number of rotatable bonds is 7. The first-order valence-corrected chi connectivity index (χ1v) is 9.16. The van der Waals surface area contributed by atoms with Gasteiger partial charge in [0, 0.05) is 18.3 Å². The van der Waals surface area contributed by atoms with E-state index >= 15 is 0 Å². The van der Waals surface area contributed by atoms with Gasteiger partial charge in [-0.3, -0.25) is 4.79 Å². The van der Waals surface area contributed by atoms with E-state index in [-0.39, 0.29) is 17.6 Å². The van der Waals surface area contributed by atoms with Crippen molar-refractivity contribution in [3.8, 4) is 5.75 Å². The summed E-state index contributed by atoms with van der Waals surface area (Å²) in [4.78, 5) is 14.6. The number of anilines is 2. The number of methoxy groups -OCH3 is 1. The molecule has 0 saturated carbocycles. The van der Waals surface area contributed by atoms with Crippen molar-refractivity contribution in [2.75, 3.05) is 17.3 Å². The standard InChI is InChI=1S/C22H24N4O2/c1-16(2)26(15-17-7-5-4-6-8-17)21-14-13-20(24-25-21)22(27)23-18-9-11-19(28-3)12-10-18/h4-14,16H,15H2,1-3H3,(H,23,27). The third-order valence-corrected chi connectivity index (χ3v) is 4.34. The van der Waals surface area contributed by atoms with Crippen LogP contribution < -0.4 is 15.0 Å². The van der Waals surface area contributed by atoms with E-state index in [9.17, 15) is 4.79 Å². The van der Waals surface area contributed by atoms with E-state index in [1.807, 2.05) is 24.3 Å². The van der Waals surface area contributed by atoms with E-state index in [1.165, 1.54) is 5.56 Å². The van der Waals surface area contributed by atoms with Gasteiger partial charge in [0.15, 0.2) is 11.5 Å². The fraction of sp³-hybridized carbons (Fsp3) is 0.227. The predicted molar refractivity (Wildman–Crippen MR) is 111 cm³/mol. The largest absolute Gasteiger partial charge is 0.497 e. The summed E-state index contributed by atoms with van der Waals surface area (Å²) in [6.45, 7) is 4.94. The SMILES string of the molecule is COc1ccc(NC(=O)c2ccc(N(Cc3ccccc3)C(C)C)nn2)cc1. The topological polar surface area (TPSA) is 67.3 Å². The van der Waals surface area contributed by atoms with E-state index in [4.69, 9.17) is 4.74 Å². The maximum absolute atomic E-state index is 12.4. The zero-order valence-corrected chi connectivity index (χ0v) is 16.3. The summed E-state index contributed by atoms with van der Waals surface area (Å²) >= 11 is 0. The van der Waals surface area contributed by atoms with Crippen LogP contribution in [0.5, 0.6) is 5.75 Å². The summed E-state index contributed by atoms with van der Waals surface area (Å²) in [7, 11) is 1.60. The molecule has 6 heteroatoms. The number of ether oxygens (including phenoxy) is 1. The smallest absolute Gasteiger partial charge is 0.276 e. The highest BCUT2D eigenvalue weighted by Gasteiger charge is 2.15. The molecule has 1 amide bonds. The second-order valence-electron chi connectivity index (χ2n) is 6.67. The summed E-state index contributed by atoms with van der Waals surface area (Å²) in [6, 6.07) is 21.1. The Morgan fingerprint density at radius 3 is 2.29 bits per heavy atom. The van der Waals surface area contributed by atoms with E-state index in [1.54, 1.807) is 37.4 Å². The molecule has 0 saturated heterocycles. The van der Waals surface area contributed by atoms with Crippen molar-refractivity contribution in [1.29, 1.82) is 0 Å². The van der Waals surface area contributed by atoms with Gasteiger partial charge in [-0.25, -0.2) is 0 Å². The van der Waals surface area contributed by atoms with Crippen molar-refractivity contribution in [2.24, 2.45) is 0 Å². The Morgan fingerprint density at radius 1 is 1.00 bits per heavy atom. The van der Waals surface area contributed by atoms with Crippen LogP contribution in [0.25, 0.3) is 0 Å². The van der Waals surface area contributed by atoms with Crippen LogP contribution in [0.4, 0.5) is 11.5 Å². The third-order valence-electron chi connectivity index (χ3n) is 4.34. The molecular weight excluding hydrogens is 352 g/mol. The molecule has 144 valence electrons. The molecule has 2 aromatic carbocycles. The van der Waals surface area contributed by atoms with Crippen LogP contribution in [-0.2, 0) is 6.54 Å². The first-order chi connectivity index (χ1) is 13.6. The lowest BCUT2D eigenvalue weighted by Gasteiger charge is -2.27. The van der Waals surface area contributed by atoms with Crippen molar-refractivity contribution in [2.45, 2.75) is 26.4 Å². The van der Waals surface area contributed by atoms with Crippen LogP contribution in [-0.4, -0.2) is 29.3 Å². The maximum atomic E-state index is 12.4. The van der Waals surface area contributed by atoms with Gasteiger partial charge in [0.25, 0.3) is 5.91 Å². The van der Waals surface area contributed by atoms with Gasteiger partial charge >= 0.3 is 0 Å². The highest BCUT2D eigenvalue weighted by Crippen LogP contribution is 2.18. The van der Waals surface area contributed by atoms with Crippen LogP contribution in [0, 0.1) is 0 Å². The zero-order chi connectivity index (χ0) is 19.9. The average molecular weight is 376 g/mol. The molecule has 1 heterocycles. The highest BCUT2D eigenvalue weighted by atomic mass is 16.5. The number of aromatic nitrogens is 2. The lowest BCUT2D eigenvalue weighted by molar-refractivity contribution is 0.102. The van der Waals surface area contributed by atoms with Gasteiger partial charge in [-0.1, -0.05) is 30.3 Å². The molecular formula is C22H24N4O2. The summed E-state index contributed by atoms with van der Waals surface area (Å²) in [5, 5.41) is 11.2. The van der Waals surface area contributed by atoms with Gasteiger partial charge in [0.05, 0.1) is 7.11 Å². The van der Waals surface area contributed by atoms with Crippen LogP contribution in [0.1, 0.15) is 29.9 Å². The predicted octanol–water partition coefficient (Wildman–Crippen LogP) is 4.15. The van der Waals surface area contributed by atoms with Gasteiger partial charge in [-0.2, -0.15) is 0 Å². The second kappa shape index (κ2) is 8.99. The number of benzene rings is 2. The van der Waals surface area contributed by atoms with E-state index < -0.39 is 0 Å². The van der Waals surface area contributed by atoms with E-state index in [0.29, 0.717) is 5.69 Å². The molecule has 0 unspecified atom stereocenters. The van der Waals surface area contributed by atoms with Crippen molar-refractivity contribution in [3.05, 3.63) is 78.0 Å². The minimum atomic E-state index is -0.302. The fourth-order valence-corrected chi connectivity index (χ4v) is 2.78. The molecule has 3 rings (SSSR count). The third kappa shape index (κ3) is 4.85. The van der Waals surface area contributed by atoms with Crippen LogP contribution in [0.3, 0.4) is 0 Å². The number of hydrogen-bond donors (Lipinski definition) is 1.